The van der Waals surface area contributed by atoms with E-state index >= 15 is 0 Å². The number of carboxylic acids is 1. The number of piperazine rings is 1. The van der Waals surface area contributed by atoms with Crippen molar-refractivity contribution in [1.29, 1.82) is 5.26 Å². The fraction of sp³-hybridized carbons (Fsp3) is 0.667. The van der Waals surface area contributed by atoms with Gasteiger partial charge in [0.15, 0.2) is 0 Å². The lowest BCUT2D eigenvalue weighted by Crippen LogP contribution is -2.62. The van der Waals surface area contributed by atoms with Gasteiger partial charge in [-0.15, -0.1) is 0 Å². The quantitative estimate of drug-likeness (QED) is 0.495. The van der Waals surface area contributed by atoms with Crippen LogP contribution < -0.4 is 10.6 Å². The molecule has 1 saturated heterocycles. The number of amidine groups is 1. The Bertz CT molecular complexity index is 991. The molecule has 7 heteroatoms. The van der Waals surface area contributed by atoms with Crippen molar-refractivity contribution in [3.8, 4) is 6.07 Å². The summed E-state index contributed by atoms with van der Waals surface area (Å²) in [6.07, 6.45) is 4.71. The molecule has 4 saturated carbocycles. The van der Waals surface area contributed by atoms with Gasteiger partial charge in [-0.3, -0.25) is 14.7 Å². The minimum absolute atomic E-state index is 0.0934. The third-order valence-electron chi connectivity index (χ3n) is 9.32. The van der Waals surface area contributed by atoms with Crippen molar-refractivity contribution in [2.24, 2.45) is 33.9 Å². The average Bonchev–Trinajstić information content (AvgIpc) is 2.81. The van der Waals surface area contributed by atoms with Crippen LogP contribution in [0.25, 0.3) is 0 Å². The van der Waals surface area contributed by atoms with Crippen molar-refractivity contribution in [3.63, 3.8) is 0 Å². The van der Waals surface area contributed by atoms with E-state index in [1.165, 1.54) is 11.3 Å². The fourth-order valence-electron chi connectivity index (χ4n) is 7.50. The summed E-state index contributed by atoms with van der Waals surface area (Å²) in [6.45, 7) is 7.57. The Morgan fingerprint density at radius 1 is 1.18 bits per heavy atom. The van der Waals surface area contributed by atoms with Gasteiger partial charge in [0, 0.05) is 31.9 Å². The second-order valence-electron chi connectivity index (χ2n) is 11.5. The highest BCUT2D eigenvalue weighted by molar-refractivity contribution is 5.90. The molecular weight excluding hydrogens is 426 g/mol. The Labute approximate surface area is 202 Å². The fourth-order valence-corrected chi connectivity index (χ4v) is 7.50. The van der Waals surface area contributed by atoms with Gasteiger partial charge in [-0.05, 0) is 75.8 Å². The molecule has 34 heavy (non-hydrogen) atoms. The molecule has 1 aromatic carbocycles. The molecule has 5 fully saturated rings. The normalized spacial score (nSPS) is 35.1. The van der Waals surface area contributed by atoms with E-state index in [1.54, 1.807) is 0 Å². The lowest BCUT2D eigenvalue weighted by atomic mass is 9.48. The third kappa shape index (κ3) is 3.86. The standard InChI is InChI=1S/C27H37N5O2/c1-18-3-5-22(6-4-18)31-9-11-32(12-10-31)26(2,7-8-28)24(29)30-23-20-13-19-14-21(23)17-27(15-19,16-20)25(33)34/h3-6,19-21,23H,7,9-17H2,1-2H3,(H2,29,30)(H,33,34). The van der Waals surface area contributed by atoms with Gasteiger partial charge in [0.05, 0.1) is 29.5 Å². The number of nitriles is 1. The average molecular weight is 464 g/mol. The Morgan fingerprint density at radius 2 is 1.79 bits per heavy atom. The van der Waals surface area contributed by atoms with E-state index in [0.717, 1.165) is 58.3 Å². The van der Waals surface area contributed by atoms with Gasteiger partial charge in [-0.1, -0.05) is 17.7 Å². The number of anilines is 1. The summed E-state index contributed by atoms with van der Waals surface area (Å²) in [6, 6.07) is 11.1. The number of aryl methyl sites for hydroxylation is 1. The van der Waals surface area contributed by atoms with Gasteiger partial charge in [0.2, 0.25) is 0 Å². The molecule has 5 aliphatic rings. The summed E-state index contributed by atoms with van der Waals surface area (Å²) < 4.78 is 0. The molecule has 182 valence electrons. The van der Waals surface area contributed by atoms with Crippen LogP contribution in [0.4, 0.5) is 5.69 Å². The van der Waals surface area contributed by atoms with Crippen LogP contribution in [0.3, 0.4) is 0 Å². The number of hydrogen-bond donors (Lipinski definition) is 2. The molecule has 0 amide bonds. The molecule has 4 bridgehead atoms. The number of nitrogens with zero attached hydrogens (tertiary/aromatic N) is 4. The topological polar surface area (TPSA) is 106 Å². The Morgan fingerprint density at radius 3 is 2.35 bits per heavy atom. The summed E-state index contributed by atoms with van der Waals surface area (Å²) in [5.41, 5.74) is 8.07. The van der Waals surface area contributed by atoms with Gasteiger partial charge in [0.1, 0.15) is 5.84 Å². The lowest BCUT2D eigenvalue weighted by Gasteiger charge is -2.57. The van der Waals surface area contributed by atoms with Gasteiger partial charge in [-0.2, -0.15) is 5.26 Å². The first-order chi connectivity index (χ1) is 16.2. The number of nitrogens with two attached hydrogens (primary N) is 1. The van der Waals surface area contributed by atoms with E-state index in [0.29, 0.717) is 30.0 Å². The summed E-state index contributed by atoms with van der Waals surface area (Å²) in [4.78, 5) is 21.9. The molecule has 1 heterocycles. The number of carboxylic acid groups (broad SMARTS) is 1. The van der Waals surface area contributed by atoms with Gasteiger partial charge < -0.3 is 15.7 Å². The summed E-state index contributed by atoms with van der Waals surface area (Å²) >= 11 is 0. The predicted molar refractivity (Wildman–Crippen MR) is 133 cm³/mol. The highest BCUT2D eigenvalue weighted by Gasteiger charge is 2.59. The second kappa shape index (κ2) is 8.57. The van der Waals surface area contributed by atoms with Crippen LogP contribution in [0.5, 0.6) is 0 Å². The molecule has 1 aliphatic heterocycles. The maximum atomic E-state index is 12.1. The van der Waals surface area contributed by atoms with E-state index in [1.807, 2.05) is 0 Å². The zero-order valence-corrected chi connectivity index (χ0v) is 20.4. The first-order valence-electron chi connectivity index (χ1n) is 12.7. The zero-order chi connectivity index (χ0) is 24.1. The molecule has 1 aromatic rings. The van der Waals surface area contributed by atoms with Crippen LogP contribution >= 0.6 is 0 Å². The van der Waals surface area contributed by atoms with Gasteiger partial charge >= 0.3 is 5.97 Å². The number of rotatable bonds is 6. The van der Waals surface area contributed by atoms with Gasteiger partial charge in [-0.25, -0.2) is 0 Å². The maximum Gasteiger partial charge on any atom is 0.309 e. The lowest BCUT2D eigenvalue weighted by molar-refractivity contribution is -0.166. The first-order valence-corrected chi connectivity index (χ1v) is 12.7. The Hall–Kier alpha value is -2.59. The number of carbonyl (C=O) groups is 1. The van der Waals surface area contributed by atoms with Crippen LogP contribution in [-0.2, 0) is 4.79 Å². The van der Waals surface area contributed by atoms with E-state index in [2.05, 4.69) is 54.0 Å². The number of hydrogen-bond acceptors (Lipinski definition) is 5. The maximum absolute atomic E-state index is 12.1. The molecule has 0 radical (unpaired) electrons. The molecule has 0 aromatic heterocycles. The van der Waals surface area contributed by atoms with Crippen LogP contribution in [0.15, 0.2) is 29.3 Å². The molecule has 0 spiro atoms. The number of benzene rings is 1. The highest BCUT2D eigenvalue weighted by atomic mass is 16.4. The van der Waals surface area contributed by atoms with Crippen molar-refractivity contribution >= 4 is 17.5 Å². The molecule has 4 aliphatic carbocycles. The van der Waals surface area contributed by atoms with Crippen molar-refractivity contribution in [3.05, 3.63) is 29.8 Å². The van der Waals surface area contributed by atoms with E-state index in [-0.39, 0.29) is 6.04 Å². The third-order valence-corrected chi connectivity index (χ3v) is 9.32. The van der Waals surface area contributed by atoms with Crippen molar-refractivity contribution in [1.82, 2.24) is 4.90 Å². The summed E-state index contributed by atoms with van der Waals surface area (Å²) in [5, 5.41) is 19.6. The number of aliphatic carboxylic acids is 1. The van der Waals surface area contributed by atoms with Crippen molar-refractivity contribution < 1.29 is 9.90 Å². The van der Waals surface area contributed by atoms with Crippen LogP contribution in [-0.4, -0.2) is 59.6 Å². The minimum Gasteiger partial charge on any atom is -0.481 e. The summed E-state index contributed by atoms with van der Waals surface area (Å²) in [7, 11) is 0. The molecule has 6 rings (SSSR count). The molecule has 3 unspecified atom stereocenters. The zero-order valence-electron chi connectivity index (χ0n) is 20.4. The molecule has 3 atom stereocenters. The molecule has 7 nitrogen and oxygen atoms in total. The van der Waals surface area contributed by atoms with Crippen LogP contribution in [0.1, 0.15) is 51.0 Å². The SMILES string of the molecule is Cc1ccc(N2CCN(C(C)(CC#N)C(N)=NC3C4CC5CC3CC(C(=O)O)(C5)C4)CC2)cc1. The minimum atomic E-state index is -0.622. The van der Waals surface area contributed by atoms with E-state index in [9.17, 15) is 15.2 Å². The summed E-state index contributed by atoms with van der Waals surface area (Å²) in [5.74, 6) is 1.04. The number of aliphatic imine (C=N–C) groups is 1. The first kappa shape index (κ1) is 23.2. The second-order valence-corrected chi connectivity index (χ2v) is 11.5. The molecular formula is C27H37N5O2. The van der Waals surface area contributed by atoms with Crippen molar-refractivity contribution in [2.45, 2.75) is 64.0 Å². The highest BCUT2D eigenvalue weighted by Crippen LogP contribution is 2.61. The van der Waals surface area contributed by atoms with E-state index in [4.69, 9.17) is 10.7 Å². The van der Waals surface area contributed by atoms with Gasteiger partial charge in [0.25, 0.3) is 0 Å². The van der Waals surface area contributed by atoms with Crippen LogP contribution in [0.2, 0.25) is 0 Å². The Kier molecular flexibility index (Phi) is 5.84. The Balaban J connectivity index is 1.32. The predicted octanol–water partition coefficient (Wildman–Crippen LogP) is 3.43. The largest absolute Gasteiger partial charge is 0.481 e. The van der Waals surface area contributed by atoms with E-state index < -0.39 is 16.9 Å². The van der Waals surface area contributed by atoms with Crippen LogP contribution in [0, 0.1) is 41.4 Å². The monoisotopic (exact) mass is 463 g/mol. The molecule has 3 N–H and O–H groups in total. The van der Waals surface area contributed by atoms with Crippen molar-refractivity contribution in [2.75, 3.05) is 31.1 Å². The smallest absolute Gasteiger partial charge is 0.309 e.